The number of allylic oxidation sites excluding steroid dienone is 1. The topological polar surface area (TPSA) is 12.0 Å². The first kappa shape index (κ1) is 7.35. The highest BCUT2D eigenvalue weighted by Gasteiger charge is 2.15. The predicted molar refractivity (Wildman–Crippen MR) is 47.5 cm³/mol. The lowest BCUT2D eigenvalue weighted by Gasteiger charge is -2.23. The molecule has 1 saturated carbocycles. The second-order valence-corrected chi connectivity index (χ2v) is 3.85. The molecular weight excluding hydrogens is 134 g/mol. The third-order valence-electron chi connectivity index (χ3n) is 2.87. The summed E-state index contributed by atoms with van der Waals surface area (Å²) < 4.78 is 0. The molecule has 0 amide bonds. The van der Waals surface area contributed by atoms with Crippen LogP contribution in [0.2, 0.25) is 0 Å². The summed E-state index contributed by atoms with van der Waals surface area (Å²) in [4.78, 5) is 0. The Morgan fingerprint density at radius 2 is 1.55 bits per heavy atom. The van der Waals surface area contributed by atoms with Crippen LogP contribution in [0.3, 0.4) is 0 Å². The monoisotopic (exact) mass is 151 g/mol. The zero-order valence-electron chi connectivity index (χ0n) is 7.05. The first-order valence-corrected chi connectivity index (χ1v) is 4.84. The van der Waals surface area contributed by atoms with E-state index in [4.69, 9.17) is 0 Å². The van der Waals surface area contributed by atoms with Crippen LogP contribution in [0.15, 0.2) is 12.2 Å². The van der Waals surface area contributed by atoms with Crippen LogP contribution >= 0.6 is 0 Å². The van der Waals surface area contributed by atoms with Crippen molar-refractivity contribution in [2.24, 2.45) is 11.8 Å². The van der Waals surface area contributed by atoms with E-state index >= 15 is 0 Å². The van der Waals surface area contributed by atoms with Crippen molar-refractivity contribution in [1.29, 1.82) is 0 Å². The normalized spacial score (nSPS) is 28.0. The quantitative estimate of drug-likeness (QED) is 0.595. The largest absolute Gasteiger partial charge is 0.315 e. The van der Waals surface area contributed by atoms with Gasteiger partial charge in [-0.1, -0.05) is 25.0 Å². The molecule has 2 fully saturated rings. The summed E-state index contributed by atoms with van der Waals surface area (Å²) in [6.07, 6.45) is 10.7. The van der Waals surface area contributed by atoms with E-state index in [1.807, 2.05) is 0 Å². The molecule has 0 aromatic rings. The Bertz CT molecular complexity index is 141. The molecule has 0 atom stereocenters. The Balaban J connectivity index is 1.73. The van der Waals surface area contributed by atoms with Gasteiger partial charge in [-0.3, -0.25) is 0 Å². The molecule has 11 heavy (non-hydrogen) atoms. The summed E-state index contributed by atoms with van der Waals surface area (Å²) in [6.45, 7) is 2.42. The minimum atomic E-state index is 0.857. The van der Waals surface area contributed by atoms with Crippen molar-refractivity contribution < 1.29 is 0 Å². The highest BCUT2D eigenvalue weighted by atomic mass is 14.9. The van der Waals surface area contributed by atoms with Crippen LogP contribution in [0.5, 0.6) is 0 Å². The maximum absolute atomic E-state index is 3.29. The van der Waals surface area contributed by atoms with E-state index in [2.05, 4.69) is 17.5 Å². The van der Waals surface area contributed by atoms with Gasteiger partial charge in [0.1, 0.15) is 0 Å². The lowest BCUT2D eigenvalue weighted by Crippen LogP contribution is -2.40. The van der Waals surface area contributed by atoms with Gasteiger partial charge in [-0.25, -0.2) is 0 Å². The van der Waals surface area contributed by atoms with Crippen molar-refractivity contribution in [2.45, 2.75) is 25.7 Å². The van der Waals surface area contributed by atoms with Crippen LogP contribution < -0.4 is 5.32 Å². The molecule has 0 aromatic heterocycles. The Morgan fingerprint density at radius 1 is 0.909 bits per heavy atom. The Hall–Kier alpha value is -0.300. The summed E-state index contributed by atoms with van der Waals surface area (Å²) in [7, 11) is 0. The van der Waals surface area contributed by atoms with Crippen LogP contribution in [0.1, 0.15) is 25.7 Å². The van der Waals surface area contributed by atoms with Gasteiger partial charge in [0.25, 0.3) is 0 Å². The van der Waals surface area contributed by atoms with Crippen molar-refractivity contribution >= 4 is 0 Å². The molecule has 2 rings (SSSR count). The fourth-order valence-electron chi connectivity index (χ4n) is 1.91. The summed E-state index contributed by atoms with van der Waals surface area (Å²) >= 11 is 0. The molecule has 1 saturated heterocycles. The number of hydrogen-bond acceptors (Lipinski definition) is 1. The third kappa shape index (κ3) is 1.84. The maximum atomic E-state index is 3.29. The fourth-order valence-corrected chi connectivity index (χ4v) is 1.91. The number of hydrogen-bond donors (Lipinski definition) is 1. The predicted octanol–water partition coefficient (Wildman–Crippen LogP) is 1.95. The molecule has 62 valence electrons. The van der Waals surface area contributed by atoms with Gasteiger partial charge in [0.05, 0.1) is 0 Å². The third-order valence-corrected chi connectivity index (χ3v) is 2.87. The maximum Gasteiger partial charge on any atom is 0.00266 e. The molecule has 0 aromatic carbocycles. The van der Waals surface area contributed by atoms with Gasteiger partial charge in [-0.15, -0.1) is 0 Å². The Labute approximate surface area is 68.9 Å². The van der Waals surface area contributed by atoms with Crippen LogP contribution in [-0.4, -0.2) is 13.1 Å². The standard InChI is InChI=1S/C10H17N/c1-2-4-9(3-1)5-6-10-7-11-8-10/h5-6,9-11H,1-4,7-8H2/b6-5+. The van der Waals surface area contributed by atoms with Crippen molar-refractivity contribution in [3.63, 3.8) is 0 Å². The van der Waals surface area contributed by atoms with Gasteiger partial charge in [-0.2, -0.15) is 0 Å². The minimum absolute atomic E-state index is 0.857. The van der Waals surface area contributed by atoms with E-state index in [1.54, 1.807) is 0 Å². The van der Waals surface area contributed by atoms with Crippen LogP contribution in [0.4, 0.5) is 0 Å². The second-order valence-electron chi connectivity index (χ2n) is 3.85. The highest BCUT2D eigenvalue weighted by molar-refractivity contribution is 4.99. The zero-order valence-corrected chi connectivity index (χ0v) is 7.05. The van der Waals surface area contributed by atoms with Gasteiger partial charge >= 0.3 is 0 Å². The van der Waals surface area contributed by atoms with Crippen LogP contribution in [0.25, 0.3) is 0 Å². The number of nitrogens with one attached hydrogen (secondary N) is 1. The van der Waals surface area contributed by atoms with Crippen molar-refractivity contribution in [2.75, 3.05) is 13.1 Å². The van der Waals surface area contributed by atoms with Crippen molar-refractivity contribution in [1.82, 2.24) is 5.32 Å². The first-order valence-electron chi connectivity index (χ1n) is 4.84. The fraction of sp³-hybridized carbons (Fsp3) is 0.800. The van der Waals surface area contributed by atoms with E-state index < -0.39 is 0 Å². The van der Waals surface area contributed by atoms with Gasteiger partial charge in [0.2, 0.25) is 0 Å². The summed E-state index contributed by atoms with van der Waals surface area (Å²) in [5.74, 6) is 1.78. The molecule has 0 spiro atoms. The van der Waals surface area contributed by atoms with E-state index in [-0.39, 0.29) is 0 Å². The van der Waals surface area contributed by atoms with Crippen LogP contribution in [0, 0.1) is 11.8 Å². The lowest BCUT2D eigenvalue weighted by atomic mass is 9.99. The summed E-state index contributed by atoms with van der Waals surface area (Å²) in [6, 6.07) is 0. The van der Waals surface area contributed by atoms with Gasteiger partial charge < -0.3 is 5.32 Å². The Morgan fingerprint density at radius 3 is 2.09 bits per heavy atom. The highest BCUT2D eigenvalue weighted by Crippen LogP contribution is 2.26. The van der Waals surface area contributed by atoms with Crippen LogP contribution in [-0.2, 0) is 0 Å². The lowest BCUT2D eigenvalue weighted by molar-refractivity contribution is 0.416. The molecule has 1 nitrogen and oxygen atoms in total. The summed E-state index contributed by atoms with van der Waals surface area (Å²) in [5, 5.41) is 3.29. The molecule has 0 bridgehead atoms. The molecule has 1 aliphatic carbocycles. The average Bonchev–Trinajstić information content (AvgIpc) is 2.36. The second kappa shape index (κ2) is 3.40. The minimum Gasteiger partial charge on any atom is -0.315 e. The molecule has 1 heteroatoms. The molecule has 0 radical (unpaired) electrons. The van der Waals surface area contributed by atoms with E-state index in [0.717, 1.165) is 11.8 Å². The van der Waals surface area contributed by atoms with Gasteiger partial charge in [0.15, 0.2) is 0 Å². The first-order chi connectivity index (χ1) is 5.45. The molecule has 2 aliphatic rings. The van der Waals surface area contributed by atoms with E-state index in [9.17, 15) is 0 Å². The van der Waals surface area contributed by atoms with E-state index in [0.29, 0.717) is 0 Å². The summed E-state index contributed by atoms with van der Waals surface area (Å²) in [5.41, 5.74) is 0. The van der Waals surface area contributed by atoms with E-state index in [1.165, 1.54) is 38.8 Å². The Kier molecular flexibility index (Phi) is 2.27. The van der Waals surface area contributed by atoms with Crippen molar-refractivity contribution in [3.05, 3.63) is 12.2 Å². The smallest absolute Gasteiger partial charge is 0.00266 e. The van der Waals surface area contributed by atoms with Gasteiger partial charge in [-0.05, 0) is 18.8 Å². The molecular formula is C10H17N. The number of rotatable bonds is 2. The average molecular weight is 151 g/mol. The molecule has 1 aliphatic heterocycles. The molecule has 1 N–H and O–H groups in total. The molecule has 1 heterocycles. The molecule has 0 unspecified atom stereocenters. The SMILES string of the molecule is C(=C\C1CNC1)/C1CCCC1. The zero-order chi connectivity index (χ0) is 7.52. The van der Waals surface area contributed by atoms with Gasteiger partial charge in [0, 0.05) is 19.0 Å². The van der Waals surface area contributed by atoms with Crippen molar-refractivity contribution in [3.8, 4) is 0 Å².